The lowest BCUT2D eigenvalue weighted by atomic mass is 10.2. The maximum atomic E-state index is 13.2. The van der Waals surface area contributed by atoms with Gasteiger partial charge in [0.2, 0.25) is 15.9 Å². The number of carbonyl (C=O) groups is 1. The van der Waals surface area contributed by atoms with Gasteiger partial charge in [-0.2, -0.15) is 0 Å². The normalized spacial score (nSPS) is 12.7. The quantitative estimate of drug-likeness (QED) is 0.229. The first kappa shape index (κ1) is 27.2. The molecule has 9 nitrogen and oxygen atoms in total. The van der Waals surface area contributed by atoms with Gasteiger partial charge in [-0.3, -0.25) is 14.2 Å². The highest BCUT2D eigenvalue weighted by molar-refractivity contribution is 8.00. The van der Waals surface area contributed by atoms with E-state index in [9.17, 15) is 18.0 Å². The fourth-order valence-corrected chi connectivity index (χ4v) is 4.80. The first-order valence-electron chi connectivity index (χ1n) is 10.9. The number of benzene rings is 2. The van der Waals surface area contributed by atoms with Crippen LogP contribution in [0.4, 0.5) is 5.69 Å². The number of carbonyl (C=O) groups excluding carboxylic acids is 1. The fraction of sp³-hybridized carbons (Fsp3) is 0.348. The summed E-state index contributed by atoms with van der Waals surface area (Å²) in [6, 6.07) is 10.4. The number of rotatable bonds is 10. The topological polar surface area (TPSA) is 133 Å². The number of amides is 1. The zero-order valence-electron chi connectivity index (χ0n) is 19.5. The van der Waals surface area contributed by atoms with Crippen LogP contribution in [0.5, 0.6) is 0 Å². The van der Waals surface area contributed by atoms with Crippen molar-refractivity contribution in [2.24, 2.45) is 5.14 Å². The van der Waals surface area contributed by atoms with Crippen LogP contribution in [0.1, 0.15) is 27.2 Å². The number of hydrogen-bond donors (Lipinski definition) is 2. The number of ether oxygens (including phenoxy) is 1. The van der Waals surface area contributed by atoms with Gasteiger partial charge in [-0.05, 0) is 69.7 Å². The van der Waals surface area contributed by atoms with Crippen molar-refractivity contribution in [1.82, 2.24) is 9.55 Å². The molecule has 1 heterocycles. The van der Waals surface area contributed by atoms with E-state index in [0.717, 1.165) is 11.8 Å². The third-order valence-electron chi connectivity index (χ3n) is 4.96. The van der Waals surface area contributed by atoms with E-state index in [4.69, 9.17) is 21.5 Å². The predicted molar refractivity (Wildman–Crippen MR) is 138 cm³/mol. The molecule has 35 heavy (non-hydrogen) atoms. The second-order valence-corrected chi connectivity index (χ2v) is 11.4. The predicted octanol–water partition coefficient (Wildman–Crippen LogP) is 3.63. The maximum absolute atomic E-state index is 13.2. The molecule has 3 rings (SSSR count). The highest BCUT2D eigenvalue weighted by atomic mass is 35.5. The average Bonchev–Trinajstić information content (AvgIpc) is 2.77. The summed E-state index contributed by atoms with van der Waals surface area (Å²) in [6.07, 6.45) is 0.684. The lowest BCUT2D eigenvalue weighted by Gasteiger charge is -2.17. The second kappa shape index (κ2) is 11.5. The SMILES string of the molecule is CC(C)OCCCn1c(SC(C)C(=O)Nc2ccc(S(N)(=O)=O)cc2)nc2cc(Cl)ccc2c1=O. The van der Waals surface area contributed by atoms with Gasteiger partial charge in [-0.25, -0.2) is 18.5 Å². The summed E-state index contributed by atoms with van der Waals surface area (Å²) in [7, 11) is -3.83. The number of primary sulfonamides is 1. The molecule has 0 aliphatic heterocycles. The number of aromatic nitrogens is 2. The third-order valence-corrected chi connectivity index (χ3v) is 7.22. The minimum Gasteiger partial charge on any atom is -0.379 e. The number of nitrogens with one attached hydrogen (secondary N) is 1. The van der Waals surface area contributed by atoms with E-state index in [2.05, 4.69) is 10.3 Å². The van der Waals surface area contributed by atoms with Gasteiger partial charge in [0.1, 0.15) is 0 Å². The molecule has 0 radical (unpaired) electrons. The lowest BCUT2D eigenvalue weighted by Crippen LogP contribution is -2.27. The van der Waals surface area contributed by atoms with Crippen LogP contribution in [0.3, 0.4) is 0 Å². The van der Waals surface area contributed by atoms with Gasteiger partial charge in [0.15, 0.2) is 5.16 Å². The van der Waals surface area contributed by atoms with Gasteiger partial charge in [0, 0.05) is 23.9 Å². The Balaban J connectivity index is 1.82. The maximum Gasteiger partial charge on any atom is 0.262 e. The molecule has 0 bridgehead atoms. The molecule has 2 aromatic carbocycles. The number of thioether (sulfide) groups is 1. The Kier molecular flexibility index (Phi) is 8.94. The molecule has 0 saturated carbocycles. The molecule has 188 valence electrons. The van der Waals surface area contributed by atoms with E-state index in [1.807, 2.05) is 13.8 Å². The Labute approximate surface area is 213 Å². The number of nitrogens with two attached hydrogens (primary N) is 1. The van der Waals surface area contributed by atoms with Gasteiger partial charge in [0.05, 0.1) is 27.2 Å². The first-order valence-corrected chi connectivity index (χ1v) is 13.7. The van der Waals surface area contributed by atoms with E-state index in [0.29, 0.717) is 46.3 Å². The van der Waals surface area contributed by atoms with E-state index >= 15 is 0 Å². The lowest BCUT2D eigenvalue weighted by molar-refractivity contribution is -0.115. The van der Waals surface area contributed by atoms with Crippen LogP contribution in [0.25, 0.3) is 10.9 Å². The Bertz CT molecular complexity index is 1380. The molecule has 1 aromatic heterocycles. The van der Waals surface area contributed by atoms with E-state index in [-0.39, 0.29) is 22.5 Å². The van der Waals surface area contributed by atoms with E-state index < -0.39 is 15.3 Å². The number of anilines is 1. The number of fused-ring (bicyclic) bond motifs is 1. The molecule has 3 aromatic rings. The fourth-order valence-electron chi connectivity index (χ4n) is 3.19. The molecule has 1 unspecified atom stereocenters. The summed E-state index contributed by atoms with van der Waals surface area (Å²) >= 11 is 7.24. The molecule has 0 aliphatic carbocycles. The largest absolute Gasteiger partial charge is 0.379 e. The summed E-state index contributed by atoms with van der Waals surface area (Å²) in [4.78, 5) is 30.6. The summed E-state index contributed by atoms with van der Waals surface area (Å²) in [5.74, 6) is -0.339. The van der Waals surface area contributed by atoms with Crippen molar-refractivity contribution in [2.45, 2.75) is 55.1 Å². The average molecular weight is 539 g/mol. The van der Waals surface area contributed by atoms with Crippen molar-refractivity contribution in [2.75, 3.05) is 11.9 Å². The van der Waals surface area contributed by atoms with E-state index in [1.165, 1.54) is 24.3 Å². The van der Waals surface area contributed by atoms with Crippen LogP contribution < -0.4 is 16.0 Å². The molecule has 0 fully saturated rings. The Morgan fingerprint density at radius 1 is 1.20 bits per heavy atom. The molecule has 0 spiro atoms. The van der Waals surface area contributed by atoms with Crippen molar-refractivity contribution in [3.63, 3.8) is 0 Å². The van der Waals surface area contributed by atoms with Crippen LogP contribution in [-0.2, 0) is 26.1 Å². The van der Waals surface area contributed by atoms with Crippen LogP contribution in [-0.4, -0.2) is 41.8 Å². The highest BCUT2D eigenvalue weighted by Gasteiger charge is 2.20. The van der Waals surface area contributed by atoms with Gasteiger partial charge in [-0.1, -0.05) is 23.4 Å². The van der Waals surface area contributed by atoms with Gasteiger partial charge >= 0.3 is 0 Å². The van der Waals surface area contributed by atoms with Crippen molar-refractivity contribution in [1.29, 1.82) is 0 Å². The second-order valence-electron chi connectivity index (χ2n) is 8.10. The molecular formula is C23H27ClN4O5S2. The summed E-state index contributed by atoms with van der Waals surface area (Å²) in [5.41, 5.74) is 0.645. The van der Waals surface area contributed by atoms with Crippen molar-refractivity contribution in [3.05, 3.63) is 57.8 Å². The summed E-state index contributed by atoms with van der Waals surface area (Å²) in [5, 5.41) is 8.51. The molecule has 1 amide bonds. The first-order chi connectivity index (χ1) is 16.5. The molecular weight excluding hydrogens is 512 g/mol. The Morgan fingerprint density at radius 2 is 1.89 bits per heavy atom. The van der Waals surface area contributed by atoms with Crippen molar-refractivity contribution in [3.8, 4) is 0 Å². The smallest absolute Gasteiger partial charge is 0.262 e. The summed E-state index contributed by atoms with van der Waals surface area (Å²) in [6.45, 7) is 6.44. The zero-order chi connectivity index (χ0) is 25.8. The van der Waals surface area contributed by atoms with Crippen molar-refractivity contribution < 1.29 is 17.9 Å². The molecule has 12 heteroatoms. The third kappa shape index (κ3) is 7.28. The standard InChI is InChI=1S/C23H27ClN4O5S2/c1-14(2)33-12-4-11-28-22(30)19-10-5-16(24)13-20(19)27-23(28)34-15(3)21(29)26-17-6-8-18(9-7-17)35(25,31)32/h5-10,13-15H,4,11-12H2,1-3H3,(H,26,29)(H2,25,31,32). The van der Waals surface area contributed by atoms with Gasteiger partial charge in [-0.15, -0.1) is 0 Å². The molecule has 1 atom stereocenters. The van der Waals surface area contributed by atoms with Crippen LogP contribution in [0.2, 0.25) is 5.02 Å². The van der Waals surface area contributed by atoms with E-state index in [1.54, 1.807) is 29.7 Å². The number of nitrogens with zero attached hydrogens (tertiary/aromatic N) is 2. The monoisotopic (exact) mass is 538 g/mol. The Morgan fingerprint density at radius 3 is 2.51 bits per heavy atom. The Hall–Kier alpha value is -2.44. The van der Waals surface area contributed by atoms with Crippen LogP contribution in [0, 0.1) is 0 Å². The molecule has 0 saturated heterocycles. The van der Waals surface area contributed by atoms with Crippen LogP contribution in [0.15, 0.2) is 57.3 Å². The van der Waals surface area contributed by atoms with Crippen molar-refractivity contribution >= 4 is 55.9 Å². The van der Waals surface area contributed by atoms with Crippen LogP contribution >= 0.6 is 23.4 Å². The summed E-state index contributed by atoms with van der Waals surface area (Å²) < 4.78 is 30.0. The number of sulfonamides is 1. The molecule has 3 N–H and O–H groups in total. The van der Waals surface area contributed by atoms with Gasteiger partial charge < -0.3 is 10.1 Å². The molecule has 0 aliphatic rings. The number of hydrogen-bond acceptors (Lipinski definition) is 7. The highest BCUT2D eigenvalue weighted by Crippen LogP contribution is 2.25. The minimum absolute atomic E-state index is 0.0533. The van der Waals surface area contributed by atoms with Gasteiger partial charge in [0.25, 0.3) is 5.56 Å². The zero-order valence-corrected chi connectivity index (χ0v) is 21.9. The minimum atomic E-state index is -3.83. The number of halogens is 1.